The van der Waals surface area contributed by atoms with Crippen molar-refractivity contribution in [2.45, 2.75) is 32.7 Å². The molecule has 0 aliphatic heterocycles. The Morgan fingerprint density at radius 3 is 2.08 bits per heavy atom. The second kappa shape index (κ2) is 3.64. The van der Waals surface area contributed by atoms with Gasteiger partial charge < -0.3 is 5.11 Å². The summed E-state index contributed by atoms with van der Waals surface area (Å²) in [6.45, 7) is 8.73. The van der Waals surface area contributed by atoms with E-state index in [-0.39, 0.29) is 6.10 Å². The molecule has 1 unspecified atom stereocenters. The maximum absolute atomic E-state index is 9.59. The Labute approximate surface area is 81.4 Å². The lowest BCUT2D eigenvalue weighted by Gasteiger charge is -2.22. The summed E-state index contributed by atoms with van der Waals surface area (Å²) < 4.78 is 0. The molecule has 1 aromatic carbocycles. The summed E-state index contributed by atoms with van der Waals surface area (Å²) in [5.74, 6) is 0. The van der Waals surface area contributed by atoms with Crippen LogP contribution in [0.4, 0.5) is 0 Å². The maximum atomic E-state index is 9.59. The van der Waals surface area contributed by atoms with Gasteiger partial charge in [0.15, 0.2) is 0 Å². The highest BCUT2D eigenvalue weighted by atomic mass is 28.3. The summed E-state index contributed by atoms with van der Waals surface area (Å²) in [4.78, 5) is 0. The monoisotopic (exact) mass is 194 g/mol. The average Bonchev–Trinajstić information content (AvgIpc) is 2.03. The molecule has 0 saturated heterocycles. The van der Waals surface area contributed by atoms with E-state index in [0.29, 0.717) is 0 Å². The normalized spacial score (nSPS) is 14.2. The van der Waals surface area contributed by atoms with Crippen molar-refractivity contribution in [2.75, 3.05) is 0 Å². The quantitative estimate of drug-likeness (QED) is 0.716. The molecule has 0 radical (unpaired) electrons. The molecule has 0 spiro atoms. The molecule has 0 amide bonds. The van der Waals surface area contributed by atoms with Crippen molar-refractivity contribution >= 4 is 13.3 Å². The molecule has 1 atom stereocenters. The van der Waals surface area contributed by atoms with Crippen molar-refractivity contribution in [3.63, 3.8) is 0 Å². The van der Waals surface area contributed by atoms with Crippen LogP contribution in [0, 0.1) is 0 Å². The first-order valence-electron chi connectivity index (χ1n) is 4.70. The lowest BCUT2D eigenvalue weighted by atomic mass is 10.1. The standard InChI is InChI=1S/C11H18OSi/c1-9(12)10-7-5-6-8-11(10)13(2,3)4/h5-9,12H,1-4H3. The van der Waals surface area contributed by atoms with Gasteiger partial charge in [0.05, 0.1) is 14.2 Å². The largest absolute Gasteiger partial charge is 0.389 e. The highest BCUT2D eigenvalue weighted by molar-refractivity contribution is 6.89. The number of rotatable bonds is 2. The molecule has 13 heavy (non-hydrogen) atoms. The number of hydrogen-bond donors (Lipinski definition) is 1. The zero-order valence-corrected chi connectivity index (χ0v) is 9.83. The number of aliphatic hydroxyl groups excluding tert-OH is 1. The highest BCUT2D eigenvalue weighted by Crippen LogP contribution is 2.13. The molecule has 0 fully saturated rings. The zero-order chi connectivity index (χ0) is 10.1. The van der Waals surface area contributed by atoms with Crippen LogP contribution in [-0.2, 0) is 0 Å². The molecule has 0 aliphatic carbocycles. The fraction of sp³-hybridized carbons (Fsp3) is 0.455. The van der Waals surface area contributed by atoms with Crippen LogP contribution >= 0.6 is 0 Å². The van der Waals surface area contributed by atoms with E-state index in [1.165, 1.54) is 5.19 Å². The Bertz CT molecular complexity index is 286. The molecular formula is C11H18OSi. The lowest BCUT2D eigenvalue weighted by molar-refractivity contribution is 0.200. The number of aliphatic hydroxyl groups is 1. The van der Waals surface area contributed by atoms with E-state index in [2.05, 4.69) is 31.8 Å². The maximum Gasteiger partial charge on any atom is 0.0780 e. The Morgan fingerprint density at radius 1 is 1.15 bits per heavy atom. The Morgan fingerprint density at radius 2 is 1.69 bits per heavy atom. The smallest absolute Gasteiger partial charge is 0.0780 e. The van der Waals surface area contributed by atoms with E-state index < -0.39 is 8.07 Å². The third-order valence-electron chi connectivity index (χ3n) is 2.22. The first kappa shape index (κ1) is 10.5. The van der Waals surface area contributed by atoms with Gasteiger partial charge in [-0.15, -0.1) is 0 Å². The molecule has 1 N–H and O–H groups in total. The minimum absolute atomic E-state index is 0.345. The van der Waals surface area contributed by atoms with Crippen LogP contribution in [0.1, 0.15) is 18.6 Å². The molecule has 72 valence electrons. The number of benzene rings is 1. The third-order valence-corrected chi connectivity index (χ3v) is 4.29. The van der Waals surface area contributed by atoms with Crippen molar-refractivity contribution < 1.29 is 5.11 Å². The van der Waals surface area contributed by atoms with Crippen LogP contribution < -0.4 is 5.19 Å². The van der Waals surface area contributed by atoms with Gasteiger partial charge in [0.25, 0.3) is 0 Å². The second-order valence-electron chi connectivity index (χ2n) is 4.51. The summed E-state index contributed by atoms with van der Waals surface area (Å²) in [6.07, 6.45) is -0.345. The topological polar surface area (TPSA) is 20.2 Å². The number of hydrogen-bond acceptors (Lipinski definition) is 1. The molecule has 0 aliphatic rings. The van der Waals surface area contributed by atoms with Crippen molar-refractivity contribution in [2.24, 2.45) is 0 Å². The van der Waals surface area contributed by atoms with Crippen LogP contribution in [0.2, 0.25) is 19.6 Å². The molecule has 0 saturated carbocycles. The summed E-state index contributed by atoms with van der Waals surface area (Å²) in [6, 6.07) is 8.22. The van der Waals surface area contributed by atoms with Crippen LogP contribution in [0.5, 0.6) is 0 Å². The molecule has 0 heterocycles. The van der Waals surface area contributed by atoms with Gasteiger partial charge in [0.1, 0.15) is 0 Å². The predicted octanol–water partition coefficient (Wildman–Crippen LogP) is 2.29. The average molecular weight is 194 g/mol. The molecule has 0 aromatic heterocycles. The van der Waals surface area contributed by atoms with E-state index in [9.17, 15) is 5.11 Å². The van der Waals surface area contributed by atoms with Gasteiger partial charge in [-0.2, -0.15) is 0 Å². The first-order chi connectivity index (χ1) is 5.93. The highest BCUT2D eigenvalue weighted by Gasteiger charge is 2.20. The van der Waals surface area contributed by atoms with Gasteiger partial charge in [-0.3, -0.25) is 0 Å². The molecular weight excluding hydrogens is 176 g/mol. The molecule has 1 aromatic rings. The minimum Gasteiger partial charge on any atom is -0.389 e. The predicted molar refractivity (Wildman–Crippen MR) is 60.1 cm³/mol. The molecule has 0 bridgehead atoms. The summed E-state index contributed by atoms with van der Waals surface area (Å²) >= 11 is 0. The van der Waals surface area contributed by atoms with Crippen molar-refractivity contribution in [1.82, 2.24) is 0 Å². The Kier molecular flexibility index (Phi) is 2.93. The van der Waals surface area contributed by atoms with E-state index in [1.807, 2.05) is 19.1 Å². The van der Waals surface area contributed by atoms with Crippen LogP contribution in [0.25, 0.3) is 0 Å². The van der Waals surface area contributed by atoms with Crippen LogP contribution in [0.15, 0.2) is 24.3 Å². The van der Waals surface area contributed by atoms with Gasteiger partial charge in [-0.25, -0.2) is 0 Å². The molecule has 2 heteroatoms. The van der Waals surface area contributed by atoms with E-state index in [0.717, 1.165) is 5.56 Å². The van der Waals surface area contributed by atoms with E-state index >= 15 is 0 Å². The summed E-state index contributed by atoms with van der Waals surface area (Å²) in [7, 11) is -1.30. The zero-order valence-electron chi connectivity index (χ0n) is 8.83. The van der Waals surface area contributed by atoms with E-state index in [4.69, 9.17) is 0 Å². The fourth-order valence-corrected chi connectivity index (χ4v) is 3.30. The Hall–Kier alpha value is -0.603. The van der Waals surface area contributed by atoms with Gasteiger partial charge in [0, 0.05) is 0 Å². The van der Waals surface area contributed by atoms with Crippen molar-refractivity contribution in [3.05, 3.63) is 29.8 Å². The molecule has 1 nitrogen and oxygen atoms in total. The fourth-order valence-electron chi connectivity index (χ4n) is 1.54. The second-order valence-corrected chi connectivity index (χ2v) is 9.55. The lowest BCUT2D eigenvalue weighted by Crippen LogP contribution is -2.40. The minimum atomic E-state index is -1.30. The van der Waals surface area contributed by atoms with Gasteiger partial charge in [-0.1, -0.05) is 49.1 Å². The van der Waals surface area contributed by atoms with Crippen molar-refractivity contribution in [1.29, 1.82) is 0 Å². The third kappa shape index (κ3) is 2.42. The summed E-state index contributed by atoms with van der Waals surface area (Å²) in [5, 5.41) is 11.0. The molecule has 1 rings (SSSR count). The van der Waals surface area contributed by atoms with E-state index in [1.54, 1.807) is 0 Å². The van der Waals surface area contributed by atoms with Gasteiger partial charge in [0.2, 0.25) is 0 Å². The summed E-state index contributed by atoms with van der Waals surface area (Å²) in [5.41, 5.74) is 1.10. The van der Waals surface area contributed by atoms with Crippen molar-refractivity contribution in [3.8, 4) is 0 Å². The van der Waals surface area contributed by atoms with Crippen LogP contribution in [-0.4, -0.2) is 13.2 Å². The Balaban J connectivity index is 3.20. The SMILES string of the molecule is CC(O)c1ccccc1[Si](C)(C)C. The van der Waals surface area contributed by atoms with Gasteiger partial charge in [-0.05, 0) is 12.5 Å². The van der Waals surface area contributed by atoms with Gasteiger partial charge >= 0.3 is 0 Å². The first-order valence-corrected chi connectivity index (χ1v) is 8.20. The van der Waals surface area contributed by atoms with Crippen LogP contribution in [0.3, 0.4) is 0 Å².